The molecule has 0 bridgehead atoms. The lowest BCUT2D eigenvalue weighted by atomic mass is 9.96. The van der Waals surface area contributed by atoms with Crippen molar-refractivity contribution in [1.29, 1.82) is 0 Å². The average molecular weight is 443 g/mol. The maximum Gasteiger partial charge on any atom is 0.223 e. The van der Waals surface area contributed by atoms with Gasteiger partial charge in [-0.2, -0.15) is 4.52 Å². The van der Waals surface area contributed by atoms with Crippen molar-refractivity contribution in [1.82, 2.24) is 25.1 Å². The van der Waals surface area contributed by atoms with E-state index in [4.69, 9.17) is 21.4 Å². The summed E-state index contributed by atoms with van der Waals surface area (Å²) < 4.78 is 7.07. The fourth-order valence-corrected chi connectivity index (χ4v) is 3.90. The number of halogens is 1. The van der Waals surface area contributed by atoms with Crippen molar-refractivity contribution in [2.45, 2.75) is 26.2 Å². The maximum atomic E-state index is 12.4. The molecule has 1 amide bonds. The highest BCUT2D eigenvalue weighted by atomic mass is 35.5. The Morgan fingerprint density at radius 3 is 2.68 bits per heavy atom. The highest BCUT2D eigenvalue weighted by molar-refractivity contribution is 6.30. The zero-order valence-corrected chi connectivity index (χ0v) is 18.4. The predicted octanol–water partition coefficient (Wildman–Crippen LogP) is 3.20. The molecule has 3 aromatic rings. The number of carbonyl (C=O) groups is 1. The molecular formula is C22H27ClN6O2. The summed E-state index contributed by atoms with van der Waals surface area (Å²) in [6.07, 6.45) is 2.46. The van der Waals surface area contributed by atoms with Crippen LogP contribution in [0.15, 0.2) is 36.4 Å². The molecule has 8 nitrogen and oxygen atoms in total. The lowest BCUT2D eigenvalue weighted by Gasteiger charge is -2.32. The maximum absolute atomic E-state index is 12.4. The van der Waals surface area contributed by atoms with E-state index in [1.54, 1.807) is 4.52 Å². The number of rotatable bonds is 8. The van der Waals surface area contributed by atoms with E-state index in [9.17, 15) is 4.79 Å². The quantitative estimate of drug-likeness (QED) is 0.539. The third kappa shape index (κ3) is 5.14. The van der Waals surface area contributed by atoms with E-state index < -0.39 is 0 Å². The minimum Gasteiger partial charge on any atom is -0.382 e. The van der Waals surface area contributed by atoms with Crippen molar-refractivity contribution < 1.29 is 9.53 Å². The van der Waals surface area contributed by atoms with Gasteiger partial charge in [-0.05, 0) is 62.6 Å². The van der Waals surface area contributed by atoms with Gasteiger partial charge in [0.2, 0.25) is 5.91 Å². The van der Waals surface area contributed by atoms with E-state index in [-0.39, 0.29) is 11.8 Å². The summed E-state index contributed by atoms with van der Waals surface area (Å²) in [5.41, 5.74) is 1.59. The number of piperidine rings is 1. The van der Waals surface area contributed by atoms with Gasteiger partial charge in [0.05, 0.1) is 0 Å². The van der Waals surface area contributed by atoms with Gasteiger partial charge in [0.25, 0.3) is 0 Å². The van der Waals surface area contributed by atoms with Gasteiger partial charge in [-0.3, -0.25) is 4.79 Å². The Labute approximate surface area is 186 Å². The molecule has 0 unspecified atom stereocenters. The first-order valence-corrected chi connectivity index (χ1v) is 11.1. The molecule has 1 aliphatic rings. The average Bonchev–Trinajstić information content (AvgIpc) is 3.23. The van der Waals surface area contributed by atoms with E-state index in [1.165, 1.54) is 0 Å². The number of aromatic nitrogens is 4. The molecule has 31 heavy (non-hydrogen) atoms. The Morgan fingerprint density at radius 2 is 1.94 bits per heavy atom. The minimum absolute atomic E-state index is 0.0478. The lowest BCUT2D eigenvalue weighted by molar-refractivity contribution is -0.125. The number of carbonyl (C=O) groups excluding carboxylic acids is 1. The monoisotopic (exact) mass is 442 g/mol. The molecule has 9 heteroatoms. The van der Waals surface area contributed by atoms with Crippen molar-refractivity contribution in [3.63, 3.8) is 0 Å². The van der Waals surface area contributed by atoms with Gasteiger partial charge >= 0.3 is 0 Å². The zero-order valence-electron chi connectivity index (χ0n) is 17.6. The molecule has 0 aliphatic carbocycles. The highest BCUT2D eigenvalue weighted by Crippen LogP contribution is 2.24. The molecule has 4 rings (SSSR count). The Morgan fingerprint density at radius 1 is 1.16 bits per heavy atom. The van der Waals surface area contributed by atoms with Gasteiger partial charge in [-0.1, -0.05) is 11.6 Å². The molecule has 0 spiro atoms. The van der Waals surface area contributed by atoms with E-state index >= 15 is 0 Å². The fourth-order valence-electron chi connectivity index (χ4n) is 3.77. The van der Waals surface area contributed by atoms with Crippen molar-refractivity contribution in [3.8, 4) is 11.4 Å². The summed E-state index contributed by atoms with van der Waals surface area (Å²) in [5, 5.41) is 17.0. The first-order valence-electron chi connectivity index (χ1n) is 10.7. The topological polar surface area (TPSA) is 84.6 Å². The summed E-state index contributed by atoms with van der Waals surface area (Å²) in [5.74, 6) is 1.72. The molecule has 0 atom stereocenters. The lowest BCUT2D eigenvalue weighted by Crippen LogP contribution is -2.41. The molecule has 0 radical (unpaired) electrons. The number of nitrogens with zero attached hydrogens (tertiary/aromatic N) is 5. The molecule has 0 saturated carbocycles. The number of benzene rings is 1. The van der Waals surface area contributed by atoms with Crippen LogP contribution in [0.4, 0.5) is 5.82 Å². The van der Waals surface area contributed by atoms with Crippen LogP contribution >= 0.6 is 11.6 Å². The third-order valence-corrected chi connectivity index (χ3v) is 5.76. The number of amides is 1. The molecule has 1 aliphatic heterocycles. The summed E-state index contributed by atoms with van der Waals surface area (Å²) >= 11 is 6.00. The van der Waals surface area contributed by atoms with Gasteiger partial charge in [0.15, 0.2) is 11.5 Å². The molecule has 1 fully saturated rings. The predicted molar refractivity (Wildman–Crippen MR) is 120 cm³/mol. The number of ether oxygens (including phenoxy) is 1. The van der Waals surface area contributed by atoms with Gasteiger partial charge in [-0.25, -0.2) is 0 Å². The normalized spacial score (nSPS) is 14.8. The number of anilines is 1. The van der Waals surface area contributed by atoms with Crippen molar-refractivity contribution >= 4 is 29.0 Å². The summed E-state index contributed by atoms with van der Waals surface area (Å²) in [6.45, 7) is 5.61. The number of nitrogens with one attached hydrogen (secondary N) is 1. The van der Waals surface area contributed by atoms with Crippen molar-refractivity contribution in [2.24, 2.45) is 5.92 Å². The summed E-state index contributed by atoms with van der Waals surface area (Å²) in [7, 11) is 0. The van der Waals surface area contributed by atoms with Crippen LogP contribution in [0, 0.1) is 5.92 Å². The Kier molecular flexibility index (Phi) is 6.99. The molecule has 1 aromatic carbocycles. The summed E-state index contributed by atoms with van der Waals surface area (Å²) in [4.78, 5) is 14.6. The van der Waals surface area contributed by atoms with Crippen LogP contribution < -0.4 is 10.2 Å². The van der Waals surface area contributed by atoms with E-state index in [1.807, 2.05) is 43.3 Å². The molecule has 164 valence electrons. The number of fused-ring (bicyclic) bond motifs is 1. The second kappa shape index (κ2) is 10.1. The molecule has 2 aromatic heterocycles. The van der Waals surface area contributed by atoms with Gasteiger partial charge in [0.1, 0.15) is 5.82 Å². The molecule has 1 N–H and O–H groups in total. The van der Waals surface area contributed by atoms with Gasteiger partial charge in [0, 0.05) is 49.4 Å². The van der Waals surface area contributed by atoms with E-state index in [2.05, 4.69) is 20.4 Å². The standard InChI is InChI=1S/C22H27ClN6O2/c1-2-31-15-3-12-24-22(30)17-10-13-28(14-11-17)20-9-8-19-25-26-21(29(19)27-20)16-4-6-18(23)7-5-16/h4-9,17H,2-3,10-15H2,1H3,(H,24,30). The van der Waals surface area contributed by atoms with E-state index in [0.717, 1.165) is 43.7 Å². The fraction of sp³-hybridized carbons (Fsp3) is 0.455. The number of hydrogen-bond donors (Lipinski definition) is 1. The minimum atomic E-state index is 0.0478. The van der Waals surface area contributed by atoms with Crippen LogP contribution in [-0.4, -0.2) is 58.6 Å². The Hall–Kier alpha value is -2.71. The number of hydrogen-bond acceptors (Lipinski definition) is 6. The Bertz CT molecular complexity index is 1010. The van der Waals surface area contributed by atoms with Crippen molar-refractivity contribution in [2.75, 3.05) is 37.7 Å². The highest BCUT2D eigenvalue weighted by Gasteiger charge is 2.26. The van der Waals surface area contributed by atoms with Gasteiger partial charge < -0.3 is 15.0 Å². The SMILES string of the molecule is CCOCCCNC(=O)C1CCN(c2ccc3nnc(-c4ccc(Cl)cc4)n3n2)CC1. The second-order valence-corrected chi connectivity index (χ2v) is 8.03. The molecule has 3 heterocycles. The first-order chi connectivity index (χ1) is 15.2. The third-order valence-electron chi connectivity index (χ3n) is 5.51. The van der Waals surface area contributed by atoms with Crippen LogP contribution in [0.1, 0.15) is 26.2 Å². The first kappa shape index (κ1) is 21.5. The van der Waals surface area contributed by atoms with Crippen LogP contribution in [0.5, 0.6) is 0 Å². The Balaban J connectivity index is 1.38. The molecule has 1 saturated heterocycles. The second-order valence-electron chi connectivity index (χ2n) is 7.59. The van der Waals surface area contributed by atoms with E-state index in [0.29, 0.717) is 36.3 Å². The van der Waals surface area contributed by atoms with Crippen LogP contribution in [-0.2, 0) is 9.53 Å². The van der Waals surface area contributed by atoms with Crippen LogP contribution in [0.25, 0.3) is 17.0 Å². The summed E-state index contributed by atoms with van der Waals surface area (Å²) in [6, 6.07) is 11.4. The largest absolute Gasteiger partial charge is 0.382 e. The van der Waals surface area contributed by atoms with Crippen molar-refractivity contribution in [3.05, 3.63) is 41.4 Å². The zero-order chi connectivity index (χ0) is 21.6. The van der Waals surface area contributed by atoms with Crippen LogP contribution in [0.2, 0.25) is 5.02 Å². The van der Waals surface area contributed by atoms with Gasteiger partial charge in [-0.15, -0.1) is 15.3 Å². The van der Waals surface area contributed by atoms with Crippen LogP contribution in [0.3, 0.4) is 0 Å². The molecular weight excluding hydrogens is 416 g/mol. The smallest absolute Gasteiger partial charge is 0.223 e.